The average molecular weight is 488 g/mol. The molecule has 2 aromatic rings. The number of furan rings is 1. The summed E-state index contributed by atoms with van der Waals surface area (Å²) in [5, 5.41) is 14.3. The molecule has 10 nitrogen and oxygen atoms in total. The second kappa shape index (κ2) is 10.3. The van der Waals surface area contributed by atoms with E-state index in [-0.39, 0.29) is 31.1 Å². The van der Waals surface area contributed by atoms with Crippen molar-refractivity contribution < 1.29 is 28.3 Å². The van der Waals surface area contributed by atoms with Crippen LogP contribution in [0, 0.1) is 5.82 Å². The van der Waals surface area contributed by atoms with Crippen molar-refractivity contribution in [3.63, 3.8) is 0 Å². The van der Waals surface area contributed by atoms with Crippen LogP contribution >= 0.6 is 0 Å². The van der Waals surface area contributed by atoms with E-state index in [1.54, 1.807) is 18.2 Å². The summed E-state index contributed by atoms with van der Waals surface area (Å²) in [5.41, 5.74) is 0.899. The van der Waals surface area contributed by atoms with Gasteiger partial charge in [0.15, 0.2) is 0 Å². The fourth-order valence-electron chi connectivity index (χ4n) is 4.83. The van der Waals surface area contributed by atoms with E-state index in [1.165, 1.54) is 24.1 Å². The van der Waals surface area contributed by atoms with Crippen molar-refractivity contribution in [1.82, 2.24) is 10.2 Å². The summed E-state index contributed by atoms with van der Waals surface area (Å²) in [4.78, 5) is 29.1. The summed E-state index contributed by atoms with van der Waals surface area (Å²) in [7, 11) is 0. The van der Waals surface area contributed by atoms with E-state index in [9.17, 15) is 9.59 Å². The van der Waals surface area contributed by atoms with Gasteiger partial charge in [0.05, 0.1) is 31.0 Å². The van der Waals surface area contributed by atoms with Crippen LogP contribution in [0.3, 0.4) is 0 Å². The highest BCUT2D eigenvalue weighted by Gasteiger charge is 2.34. The number of amides is 2. The van der Waals surface area contributed by atoms with Crippen LogP contribution in [0.15, 0.2) is 39.9 Å². The number of halogens is 1. The highest BCUT2D eigenvalue weighted by Crippen LogP contribution is 2.32. The van der Waals surface area contributed by atoms with Gasteiger partial charge >= 0.3 is 6.09 Å². The molecule has 35 heavy (non-hydrogen) atoms. The zero-order valence-corrected chi connectivity index (χ0v) is 20.0. The second-order valence-electron chi connectivity index (χ2n) is 9.04. The summed E-state index contributed by atoms with van der Waals surface area (Å²) in [6.45, 7) is 7.95. The van der Waals surface area contributed by atoms with E-state index in [1.807, 2.05) is 19.9 Å². The van der Waals surface area contributed by atoms with Gasteiger partial charge in [-0.15, -0.1) is 0 Å². The van der Waals surface area contributed by atoms with Gasteiger partial charge in [-0.3, -0.25) is 14.6 Å². The number of rotatable bonds is 7. The van der Waals surface area contributed by atoms with Gasteiger partial charge in [0, 0.05) is 32.1 Å². The molecule has 2 N–H and O–H groups in total. The van der Waals surface area contributed by atoms with Crippen molar-refractivity contribution in [2.45, 2.75) is 45.5 Å². The van der Waals surface area contributed by atoms with Crippen LogP contribution in [0.5, 0.6) is 0 Å². The van der Waals surface area contributed by atoms with Crippen LogP contribution in [-0.4, -0.2) is 72.7 Å². The minimum atomic E-state index is -0.561. The van der Waals surface area contributed by atoms with Crippen molar-refractivity contribution in [3.05, 3.63) is 47.7 Å². The number of ether oxygens (including phenoxy) is 1. The Morgan fingerprint density at radius 2 is 1.97 bits per heavy atom. The molecule has 11 heteroatoms. The predicted octanol–water partition coefficient (Wildman–Crippen LogP) is 2.79. The number of hydrogen-bond acceptors (Lipinski definition) is 8. The van der Waals surface area contributed by atoms with E-state index in [4.69, 9.17) is 14.4 Å². The topological polar surface area (TPSA) is 111 Å². The number of cyclic esters (lactones) is 1. The summed E-state index contributed by atoms with van der Waals surface area (Å²) in [6.07, 6.45) is 0.196. The minimum absolute atomic E-state index is 0.0336. The molecule has 0 saturated carbocycles. The molecular formula is C24H30FN5O5. The van der Waals surface area contributed by atoms with Gasteiger partial charge in [0.1, 0.15) is 29.7 Å². The van der Waals surface area contributed by atoms with Crippen molar-refractivity contribution in [2.75, 3.05) is 36.0 Å². The van der Waals surface area contributed by atoms with Gasteiger partial charge in [-0.1, -0.05) is 5.16 Å². The molecule has 2 amide bonds. The Morgan fingerprint density at radius 3 is 2.63 bits per heavy atom. The number of piperazine rings is 1. The molecule has 1 aromatic heterocycles. The van der Waals surface area contributed by atoms with Gasteiger partial charge in [0.25, 0.3) is 0 Å². The van der Waals surface area contributed by atoms with Gasteiger partial charge in [-0.25, -0.2) is 9.18 Å². The molecule has 0 radical (unpaired) electrons. The molecule has 4 rings (SSSR count). The molecule has 2 fully saturated rings. The normalized spacial score (nSPS) is 23.2. The zero-order chi connectivity index (χ0) is 25.1. The molecule has 1 aromatic carbocycles. The molecule has 2 aliphatic heterocycles. The highest BCUT2D eigenvalue weighted by molar-refractivity contribution is 5.90. The first-order chi connectivity index (χ1) is 16.7. The van der Waals surface area contributed by atoms with E-state index < -0.39 is 18.0 Å². The van der Waals surface area contributed by atoms with Crippen molar-refractivity contribution >= 4 is 29.6 Å². The zero-order valence-electron chi connectivity index (χ0n) is 20.0. The molecule has 3 heterocycles. The monoisotopic (exact) mass is 487 g/mol. The first-order valence-corrected chi connectivity index (χ1v) is 11.5. The first-order valence-electron chi connectivity index (χ1n) is 11.5. The Labute approximate surface area is 202 Å². The Kier molecular flexibility index (Phi) is 7.25. The quantitative estimate of drug-likeness (QED) is 0.351. The lowest BCUT2D eigenvalue weighted by Gasteiger charge is -2.45. The van der Waals surface area contributed by atoms with Crippen LogP contribution < -0.4 is 15.1 Å². The van der Waals surface area contributed by atoms with E-state index in [0.29, 0.717) is 36.8 Å². The lowest BCUT2D eigenvalue weighted by molar-refractivity contribution is -0.119. The van der Waals surface area contributed by atoms with Gasteiger partial charge in [-0.05, 0) is 44.2 Å². The Bertz CT molecular complexity index is 1090. The molecule has 3 atom stereocenters. The summed E-state index contributed by atoms with van der Waals surface area (Å²) < 4.78 is 26.2. The Morgan fingerprint density at radius 1 is 1.23 bits per heavy atom. The summed E-state index contributed by atoms with van der Waals surface area (Å²) in [5.74, 6) is 0.625. The third-order valence-electron chi connectivity index (χ3n) is 6.22. The van der Waals surface area contributed by atoms with Crippen molar-refractivity contribution in [2.24, 2.45) is 5.16 Å². The maximum absolute atomic E-state index is 15.3. The standard InChI is InChI=1S/C24H30FN5O5/c1-15-11-28(13-20-6-5-19(34-20)10-27-33)12-16(2)30(15)23-7-4-18(8-22(23)25)29-14-21(35-24(29)32)9-26-17(3)31/h4-8,10,15-16,21,33H,9,11-14H2,1-3H3,(H,26,31)/b27-10+/t15?,16?,21-/m0/s1. The summed E-state index contributed by atoms with van der Waals surface area (Å²) in [6, 6.07) is 8.44. The number of nitrogens with zero attached hydrogens (tertiary/aromatic N) is 4. The van der Waals surface area contributed by atoms with Crippen molar-refractivity contribution in [1.29, 1.82) is 0 Å². The third-order valence-corrected chi connectivity index (χ3v) is 6.22. The van der Waals surface area contributed by atoms with Crippen LogP contribution in [0.2, 0.25) is 0 Å². The minimum Gasteiger partial charge on any atom is -0.459 e. The Balaban J connectivity index is 1.42. The molecule has 2 unspecified atom stereocenters. The SMILES string of the molecule is CC(=O)NC[C@H]1CN(c2ccc(N3C(C)CN(Cc4ccc(/C=N/O)o4)CC3C)c(F)c2)C(=O)O1. The van der Waals surface area contributed by atoms with E-state index in [0.717, 1.165) is 5.76 Å². The van der Waals surface area contributed by atoms with E-state index >= 15 is 4.39 Å². The molecule has 0 aliphatic carbocycles. The van der Waals surface area contributed by atoms with Crippen LogP contribution in [0.1, 0.15) is 32.3 Å². The first kappa shape index (κ1) is 24.5. The van der Waals surface area contributed by atoms with Crippen molar-refractivity contribution in [3.8, 4) is 0 Å². The van der Waals surface area contributed by atoms with E-state index in [2.05, 4.69) is 20.3 Å². The number of benzene rings is 1. The molecular weight excluding hydrogens is 457 g/mol. The maximum atomic E-state index is 15.3. The maximum Gasteiger partial charge on any atom is 0.414 e. The predicted molar refractivity (Wildman–Crippen MR) is 127 cm³/mol. The third kappa shape index (κ3) is 5.56. The molecule has 188 valence electrons. The molecule has 0 spiro atoms. The largest absolute Gasteiger partial charge is 0.459 e. The molecule has 2 saturated heterocycles. The number of oxime groups is 1. The Hall–Kier alpha value is -3.60. The van der Waals surface area contributed by atoms with Gasteiger partial charge in [0.2, 0.25) is 5.91 Å². The smallest absolute Gasteiger partial charge is 0.414 e. The van der Waals surface area contributed by atoms with Gasteiger partial charge in [-0.2, -0.15) is 0 Å². The number of nitrogens with one attached hydrogen (secondary N) is 1. The second-order valence-corrected chi connectivity index (χ2v) is 9.04. The van der Waals surface area contributed by atoms with Crippen LogP contribution in [0.4, 0.5) is 20.6 Å². The lowest BCUT2D eigenvalue weighted by Crippen LogP contribution is -2.56. The summed E-state index contributed by atoms with van der Waals surface area (Å²) >= 11 is 0. The fourth-order valence-corrected chi connectivity index (χ4v) is 4.83. The van der Waals surface area contributed by atoms with Crippen LogP contribution in [0.25, 0.3) is 0 Å². The number of carbonyl (C=O) groups excluding carboxylic acids is 2. The van der Waals surface area contributed by atoms with Gasteiger partial charge < -0.3 is 24.6 Å². The molecule has 0 bridgehead atoms. The number of carbonyl (C=O) groups is 2. The fraction of sp³-hybridized carbons (Fsp3) is 0.458. The number of anilines is 2. The highest BCUT2D eigenvalue weighted by atomic mass is 19.1. The molecule has 2 aliphatic rings. The lowest BCUT2D eigenvalue weighted by atomic mass is 10.1. The van der Waals surface area contributed by atoms with Crippen LogP contribution in [-0.2, 0) is 16.1 Å². The average Bonchev–Trinajstić information content (AvgIpc) is 3.39. The number of hydrogen-bond donors (Lipinski definition) is 2.